The van der Waals surface area contributed by atoms with Crippen LogP contribution in [0.5, 0.6) is 11.5 Å². The highest BCUT2D eigenvalue weighted by Crippen LogP contribution is 2.29. The second-order valence-electron chi connectivity index (χ2n) is 6.05. The number of nitrogens with one attached hydrogen (secondary N) is 2. The number of rotatable bonds is 7. The summed E-state index contributed by atoms with van der Waals surface area (Å²) in [7, 11) is 2.96. The quantitative estimate of drug-likeness (QED) is 0.591. The van der Waals surface area contributed by atoms with Crippen molar-refractivity contribution < 1.29 is 19.1 Å². The molecule has 0 saturated heterocycles. The third kappa shape index (κ3) is 4.67. The third-order valence-electron chi connectivity index (χ3n) is 4.12. The van der Waals surface area contributed by atoms with Crippen molar-refractivity contribution in [1.29, 1.82) is 0 Å². The Bertz CT molecular complexity index is 996. The molecule has 0 atom stereocenters. The Morgan fingerprint density at radius 2 is 1.41 bits per heavy atom. The van der Waals surface area contributed by atoms with Crippen LogP contribution in [-0.4, -0.2) is 36.1 Å². The summed E-state index contributed by atoms with van der Waals surface area (Å²) >= 11 is 0. The number of benzene rings is 2. The minimum Gasteiger partial charge on any atom is -0.496 e. The Kier molecular flexibility index (Phi) is 6.03. The number of Topliss-reactive ketones (excluding diaryl/α,β-unsaturated/α-hetero) is 1. The van der Waals surface area contributed by atoms with E-state index in [2.05, 4.69) is 20.8 Å². The number of methoxy groups -OCH3 is 2. The molecule has 3 rings (SSSR count). The van der Waals surface area contributed by atoms with Crippen LogP contribution in [-0.2, 0) is 0 Å². The van der Waals surface area contributed by atoms with Crippen molar-refractivity contribution in [2.75, 3.05) is 24.9 Å². The van der Waals surface area contributed by atoms with E-state index >= 15 is 0 Å². The molecular weight excluding hydrogens is 372 g/mol. The smallest absolute Gasteiger partial charge is 0.264 e. The van der Waals surface area contributed by atoms with E-state index in [-0.39, 0.29) is 17.2 Å². The minimum absolute atomic E-state index is 0.00288. The van der Waals surface area contributed by atoms with Crippen LogP contribution >= 0.6 is 0 Å². The maximum absolute atomic E-state index is 12.7. The van der Waals surface area contributed by atoms with Gasteiger partial charge in [0.05, 0.1) is 14.2 Å². The van der Waals surface area contributed by atoms with Gasteiger partial charge < -0.3 is 20.1 Å². The summed E-state index contributed by atoms with van der Waals surface area (Å²) < 4.78 is 10.5. The number of hydrogen-bond acceptors (Lipinski definition) is 7. The Morgan fingerprint density at radius 1 is 0.828 bits per heavy atom. The lowest BCUT2D eigenvalue weighted by atomic mass is 10.1. The van der Waals surface area contributed by atoms with Crippen molar-refractivity contribution in [3.63, 3.8) is 0 Å². The number of anilines is 3. The van der Waals surface area contributed by atoms with Gasteiger partial charge in [-0.15, -0.1) is 10.2 Å². The normalized spacial score (nSPS) is 10.2. The third-order valence-corrected chi connectivity index (χ3v) is 4.12. The van der Waals surface area contributed by atoms with Crippen LogP contribution < -0.4 is 20.1 Å². The van der Waals surface area contributed by atoms with Gasteiger partial charge >= 0.3 is 0 Å². The Hall–Kier alpha value is -3.94. The molecule has 0 spiro atoms. The van der Waals surface area contributed by atoms with E-state index in [1.54, 1.807) is 54.6 Å². The number of carbonyl (C=O) groups excluding carboxylic acids is 2. The Morgan fingerprint density at radius 3 is 1.93 bits per heavy atom. The van der Waals surface area contributed by atoms with Crippen molar-refractivity contribution in [1.82, 2.24) is 10.2 Å². The molecule has 0 bridgehead atoms. The van der Waals surface area contributed by atoms with Gasteiger partial charge in [-0.25, -0.2) is 0 Å². The maximum atomic E-state index is 12.7. The summed E-state index contributed by atoms with van der Waals surface area (Å²) in [5, 5.41) is 13.8. The van der Waals surface area contributed by atoms with Crippen LogP contribution in [0.3, 0.4) is 0 Å². The maximum Gasteiger partial charge on any atom is 0.264 e. The van der Waals surface area contributed by atoms with E-state index in [9.17, 15) is 9.59 Å². The second-order valence-corrected chi connectivity index (χ2v) is 6.05. The SMILES string of the molecule is COc1cccc(OC)c1C(=O)Nc1ccc(Nc2ccc(C(C)=O)cc2)nn1. The van der Waals surface area contributed by atoms with Crippen LogP contribution in [0.15, 0.2) is 54.6 Å². The molecule has 0 saturated carbocycles. The van der Waals surface area contributed by atoms with E-state index in [4.69, 9.17) is 9.47 Å². The fraction of sp³-hybridized carbons (Fsp3) is 0.143. The van der Waals surface area contributed by atoms with Crippen molar-refractivity contribution >= 4 is 29.0 Å². The summed E-state index contributed by atoms with van der Waals surface area (Å²) in [4.78, 5) is 24.0. The van der Waals surface area contributed by atoms with Crippen molar-refractivity contribution in [2.24, 2.45) is 0 Å². The first-order valence-corrected chi connectivity index (χ1v) is 8.76. The Labute approximate surface area is 167 Å². The van der Waals surface area contributed by atoms with Gasteiger partial charge in [0, 0.05) is 11.3 Å². The van der Waals surface area contributed by atoms with Gasteiger partial charge in [0.25, 0.3) is 5.91 Å². The average molecular weight is 392 g/mol. The summed E-state index contributed by atoms with van der Waals surface area (Å²) in [6.45, 7) is 1.52. The molecule has 0 aliphatic carbocycles. The van der Waals surface area contributed by atoms with Crippen molar-refractivity contribution in [2.45, 2.75) is 6.92 Å². The highest BCUT2D eigenvalue weighted by molar-refractivity contribution is 6.07. The van der Waals surface area contributed by atoms with Crippen molar-refractivity contribution in [3.8, 4) is 11.5 Å². The molecule has 29 heavy (non-hydrogen) atoms. The first-order chi connectivity index (χ1) is 14.0. The predicted molar refractivity (Wildman–Crippen MR) is 109 cm³/mol. The topological polar surface area (TPSA) is 102 Å². The molecule has 1 amide bonds. The van der Waals surface area contributed by atoms with Crippen LogP contribution in [0.2, 0.25) is 0 Å². The number of ketones is 1. The molecule has 1 heterocycles. The van der Waals surface area contributed by atoms with Gasteiger partial charge in [0.1, 0.15) is 17.1 Å². The highest BCUT2D eigenvalue weighted by Gasteiger charge is 2.18. The number of ether oxygens (including phenoxy) is 2. The predicted octanol–water partition coefficient (Wildman–Crippen LogP) is 3.69. The van der Waals surface area contributed by atoms with Gasteiger partial charge in [-0.05, 0) is 55.5 Å². The molecule has 148 valence electrons. The molecule has 2 N–H and O–H groups in total. The Balaban J connectivity index is 1.71. The van der Waals surface area contributed by atoms with Crippen LogP contribution in [0.1, 0.15) is 27.6 Å². The molecule has 0 fully saturated rings. The van der Waals surface area contributed by atoms with Crippen LogP contribution in [0, 0.1) is 0 Å². The minimum atomic E-state index is -0.422. The van der Waals surface area contributed by atoms with Gasteiger partial charge in [-0.2, -0.15) is 0 Å². The molecule has 0 radical (unpaired) electrons. The van der Waals surface area contributed by atoms with E-state index in [0.29, 0.717) is 22.9 Å². The van der Waals surface area contributed by atoms with E-state index < -0.39 is 5.91 Å². The highest BCUT2D eigenvalue weighted by atomic mass is 16.5. The molecule has 0 unspecified atom stereocenters. The number of amides is 1. The van der Waals surface area contributed by atoms with Gasteiger partial charge in [-0.3, -0.25) is 9.59 Å². The fourth-order valence-corrected chi connectivity index (χ4v) is 2.66. The lowest BCUT2D eigenvalue weighted by Crippen LogP contribution is -2.15. The summed E-state index contributed by atoms with van der Waals surface area (Å²) in [5.41, 5.74) is 1.67. The van der Waals surface area contributed by atoms with Crippen LogP contribution in [0.25, 0.3) is 0 Å². The molecule has 0 aliphatic heterocycles. The molecule has 2 aromatic carbocycles. The number of nitrogens with zero attached hydrogens (tertiary/aromatic N) is 2. The number of hydrogen-bond donors (Lipinski definition) is 2. The summed E-state index contributed by atoms with van der Waals surface area (Å²) in [6, 6.07) is 15.4. The van der Waals surface area contributed by atoms with E-state index in [0.717, 1.165) is 5.69 Å². The average Bonchev–Trinajstić information content (AvgIpc) is 2.74. The van der Waals surface area contributed by atoms with Gasteiger partial charge in [-0.1, -0.05) is 6.07 Å². The monoisotopic (exact) mass is 392 g/mol. The van der Waals surface area contributed by atoms with E-state index in [1.807, 2.05) is 0 Å². The van der Waals surface area contributed by atoms with E-state index in [1.165, 1.54) is 21.1 Å². The lowest BCUT2D eigenvalue weighted by molar-refractivity contribution is 0.101. The molecule has 3 aromatic rings. The molecule has 0 aliphatic rings. The largest absolute Gasteiger partial charge is 0.496 e. The standard InChI is InChI=1S/C21H20N4O4/c1-13(26)14-7-9-15(10-8-14)22-18-11-12-19(25-24-18)23-21(27)20-16(28-2)5-4-6-17(20)29-3/h4-12H,1-3H3,(H,22,24)(H,23,25,27). The zero-order valence-corrected chi connectivity index (χ0v) is 16.2. The second kappa shape index (κ2) is 8.83. The zero-order valence-electron chi connectivity index (χ0n) is 16.2. The first kappa shape index (κ1) is 19.8. The lowest BCUT2D eigenvalue weighted by Gasteiger charge is -2.12. The van der Waals surface area contributed by atoms with Crippen LogP contribution in [0.4, 0.5) is 17.3 Å². The first-order valence-electron chi connectivity index (χ1n) is 8.76. The van der Waals surface area contributed by atoms with Gasteiger partial charge in [0.15, 0.2) is 17.4 Å². The van der Waals surface area contributed by atoms with Gasteiger partial charge in [0.2, 0.25) is 0 Å². The summed E-state index contributed by atoms with van der Waals surface area (Å²) in [6.07, 6.45) is 0. The number of aromatic nitrogens is 2. The fourth-order valence-electron chi connectivity index (χ4n) is 2.66. The molecule has 8 nitrogen and oxygen atoms in total. The molecule has 1 aromatic heterocycles. The summed E-state index contributed by atoms with van der Waals surface area (Å²) in [5.74, 6) is 1.13. The molecular formula is C21H20N4O4. The molecule has 8 heteroatoms. The number of carbonyl (C=O) groups is 2. The van der Waals surface area contributed by atoms with Crippen molar-refractivity contribution in [3.05, 3.63) is 65.7 Å². The zero-order chi connectivity index (χ0) is 20.8.